The van der Waals surface area contributed by atoms with Crippen LogP contribution in [0, 0.1) is 0 Å². The van der Waals surface area contributed by atoms with Crippen LogP contribution in [0.5, 0.6) is 0 Å². The highest BCUT2D eigenvalue weighted by molar-refractivity contribution is 7.10. The van der Waals surface area contributed by atoms with Crippen molar-refractivity contribution in [3.8, 4) is 0 Å². The third kappa shape index (κ3) is 4.17. The maximum absolute atomic E-state index is 12.4. The molecule has 0 radical (unpaired) electrons. The largest absolute Gasteiger partial charge is 0.354 e. The Balaban J connectivity index is 1.59. The molecule has 3 aromatic rings. The highest BCUT2D eigenvalue weighted by Gasteiger charge is 2.16. The van der Waals surface area contributed by atoms with Crippen molar-refractivity contribution in [2.24, 2.45) is 0 Å². The molecule has 2 heterocycles. The van der Waals surface area contributed by atoms with E-state index in [4.69, 9.17) is 0 Å². The van der Waals surface area contributed by atoms with Gasteiger partial charge in [-0.05, 0) is 37.7 Å². The van der Waals surface area contributed by atoms with Crippen LogP contribution in [0.15, 0.2) is 52.9 Å². The molecule has 0 aliphatic heterocycles. The molecule has 2 aromatic heterocycles. The molecule has 0 spiro atoms. The Bertz CT molecular complexity index is 934. The summed E-state index contributed by atoms with van der Waals surface area (Å²) in [5.41, 5.74) is 0.552. The molecule has 0 bridgehead atoms. The molecule has 26 heavy (non-hydrogen) atoms. The molecule has 0 fully saturated rings. The topological polar surface area (TPSA) is 67.2 Å². The second-order valence-electron chi connectivity index (χ2n) is 6.31. The molecule has 6 nitrogen and oxygen atoms in total. The standard InChI is InChI=1S/C19H22N4O2S/c1-22(2)16(17-8-5-11-26-17)12-20-18(24)9-10-23-13-21-15-7-4-3-6-14(15)19(23)25/h3-8,11,13,16H,9-10,12H2,1-2H3,(H,20,24). The van der Waals surface area contributed by atoms with Crippen molar-refractivity contribution in [1.82, 2.24) is 19.8 Å². The van der Waals surface area contributed by atoms with Gasteiger partial charge in [0.2, 0.25) is 5.91 Å². The number of hydrogen-bond donors (Lipinski definition) is 1. The SMILES string of the molecule is CN(C)C(CNC(=O)CCn1cnc2ccccc2c1=O)c1cccs1. The highest BCUT2D eigenvalue weighted by atomic mass is 32.1. The molecule has 7 heteroatoms. The van der Waals surface area contributed by atoms with Gasteiger partial charge in [0.25, 0.3) is 5.56 Å². The molecule has 3 rings (SSSR count). The van der Waals surface area contributed by atoms with Crippen LogP contribution < -0.4 is 10.9 Å². The summed E-state index contributed by atoms with van der Waals surface area (Å²) in [6.45, 7) is 0.853. The molecule has 1 amide bonds. The number of amides is 1. The molecule has 1 N–H and O–H groups in total. The van der Waals surface area contributed by atoms with Gasteiger partial charge >= 0.3 is 0 Å². The number of carbonyl (C=O) groups excluding carboxylic acids is 1. The van der Waals surface area contributed by atoms with Gasteiger partial charge in [-0.1, -0.05) is 18.2 Å². The van der Waals surface area contributed by atoms with Crippen molar-refractivity contribution < 1.29 is 4.79 Å². The lowest BCUT2D eigenvalue weighted by molar-refractivity contribution is -0.121. The van der Waals surface area contributed by atoms with Gasteiger partial charge in [-0.25, -0.2) is 4.98 Å². The van der Waals surface area contributed by atoms with Crippen molar-refractivity contribution in [3.05, 3.63) is 63.3 Å². The Morgan fingerprint density at radius 3 is 2.81 bits per heavy atom. The summed E-state index contributed by atoms with van der Waals surface area (Å²) in [6, 6.07) is 11.4. The average Bonchev–Trinajstić information content (AvgIpc) is 3.15. The van der Waals surface area contributed by atoms with Crippen molar-refractivity contribution >= 4 is 28.1 Å². The number of thiophene rings is 1. The number of rotatable bonds is 7. The highest BCUT2D eigenvalue weighted by Crippen LogP contribution is 2.22. The van der Waals surface area contributed by atoms with E-state index in [1.165, 1.54) is 15.8 Å². The first-order valence-electron chi connectivity index (χ1n) is 8.47. The van der Waals surface area contributed by atoms with Crippen LogP contribution in [0.1, 0.15) is 17.3 Å². The first kappa shape index (κ1) is 18.3. The molecule has 1 atom stereocenters. The molecule has 0 saturated carbocycles. The predicted molar refractivity (Wildman–Crippen MR) is 104 cm³/mol. The van der Waals surface area contributed by atoms with E-state index in [2.05, 4.69) is 21.3 Å². The Kier molecular flexibility index (Phi) is 5.80. The van der Waals surface area contributed by atoms with Crippen LogP contribution >= 0.6 is 11.3 Å². The van der Waals surface area contributed by atoms with E-state index in [9.17, 15) is 9.59 Å². The Hall–Kier alpha value is -2.51. The van der Waals surface area contributed by atoms with Crippen LogP contribution in [-0.4, -0.2) is 41.0 Å². The Morgan fingerprint density at radius 2 is 2.08 bits per heavy atom. The summed E-state index contributed by atoms with van der Waals surface area (Å²) in [5, 5.41) is 5.57. The number of aromatic nitrogens is 2. The number of nitrogens with one attached hydrogen (secondary N) is 1. The van der Waals surface area contributed by atoms with Crippen LogP contribution in [0.2, 0.25) is 0 Å². The molecule has 1 aromatic carbocycles. The first-order valence-corrected chi connectivity index (χ1v) is 9.35. The molecular formula is C19H22N4O2S. The molecule has 1 unspecified atom stereocenters. The number of likely N-dealkylation sites (N-methyl/N-ethyl adjacent to an activating group) is 1. The van der Waals surface area contributed by atoms with Gasteiger partial charge in [-0.15, -0.1) is 11.3 Å². The third-order valence-corrected chi connectivity index (χ3v) is 5.27. The summed E-state index contributed by atoms with van der Waals surface area (Å²) in [5.74, 6) is -0.0755. The van der Waals surface area contributed by atoms with E-state index >= 15 is 0 Å². The number of aryl methyl sites for hydroxylation is 1. The zero-order valence-electron chi connectivity index (χ0n) is 14.9. The number of carbonyl (C=O) groups is 1. The number of nitrogens with zero attached hydrogens (tertiary/aromatic N) is 3. The number of fused-ring (bicyclic) bond motifs is 1. The minimum atomic E-state index is -0.117. The van der Waals surface area contributed by atoms with E-state index in [0.29, 0.717) is 24.0 Å². The van der Waals surface area contributed by atoms with Gasteiger partial charge in [0.1, 0.15) is 0 Å². The lowest BCUT2D eigenvalue weighted by Gasteiger charge is -2.23. The van der Waals surface area contributed by atoms with E-state index in [0.717, 1.165) is 0 Å². The summed E-state index contributed by atoms with van der Waals surface area (Å²) >= 11 is 1.68. The summed E-state index contributed by atoms with van der Waals surface area (Å²) < 4.78 is 1.49. The van der Waals surface area contributed by atoms with Crippen LogP contribution in [0.25, 0.3) is 10.9 Å². The second kappa shape index (κ2) is 8.25. The van der Waals surface area contributed by atoms with Crippen LogP contribution in [0.4, 0.5) is 0 Å². The van der Waals surface area contributed by atoms with Gasteiger partial charge in [0.15, 0.2) is 0 Å². The lowest BCUT2D eigenvalue weighted by Crippen LogP contribution is -2.35. The minimum Gasteiger partial charge on any atom is -0.354 e. The smallest absolute Gasteiger partial charge is 0.261 e. The summed E-state index contributed by atoms with van der Waals surface area (Å²) in [4.78, 5) is 32.2. The molecule has 136 valence electrons. The third-order valence-electron chi connectivity index (χ3n) is 4.30. The molecule has 0 aliphatic carbocycles. The fourth-order valence-electron chi connectivity index (χ4n) is 2.80. The fraction of sp³-hybridized carbons (Fsp3) is 0.316. The molecule has 0 aliphatic rings. The average molecular weight is 370 g/mol. The first-order chi connectivity index (χ1) is 12.6. The van der Waals surface area contributed by atoms with Gasteiger partial charge in [0, 0.05) is 24.4 Å². The van der Waals surface area contributed by atoms with Gasteiger partial charge in [-0.3, -0.25) is 14.2 Å². The van der Waals surface area contributed by atoms with Crippen LogP contribution in [-0.2, 0) is 11.3 Å². The monoisotopic (exact) mass is 370 g/mol. The van der Waals surface area contributed by atoms with Gasteiger partial charge in [0.05, 0.1) is 23.3 Å². The minimum absolute atomic E-state index is 0.0755. The Labute approximate surface area is 156 Å². The number of hydrogen-bond acceptors (Lipinski definition) is 5. The van der Waals surface area contributed by atoms with Crippen molar-refractivity contribution in [2.45, 2.75) is 19.0 Å². The van der Waals surface area contributed by atoms with Crippen molar-refractivity contribution in [3.63, 3.8) is 0 Å². The maximum Gasteiger partial charge on any atom is 0.261 e. The maximum atomic E-state index is 12.4. The fourth-order valence-corrected chi connectivity index (χ4v) is 3.73. The number of benzene rings is 1. The summed E-state index contributed by atoms with van der Waals surface area (Å²) in [7, 11) is 3.99. The quantitative estimate of drug-likeness (QED) is 0.693. The van der Waals surface area contributed by atoms with Crippen LogP contribution in [0.3, 0.4) is 0 Å². The predicted octanol–water partition coefficient (Wildman–Crippen LogP) is 2.27. The molecule has 0 saturated heterocycles. The van der Waals surface area contributed by atoms with Crippen molar-refractivity contribution in [2.75, 3.05) is 20.6 Å². The normalized spacial score (nSPS) is 12.4. The van der Waals surface area contributed by atoms with E-state index in [1.807, 2.05) is 37.7 Å². The second-order valence-corrected chi connectivity index (χ2v) is 7.29. The van der Waals surface area contributed by atoms with Gasteiger partial charge < -0.3 is 10.2 Å². The van der Waals surface area contributed by atoms with Gasteiger partial charge in [-0.2, -0.15) is 0 Å². The summed E-state index contributed by atoms with van der Waals surface area (Å²) in [6.07, 6.45) is 1.75. The lowest BCUT2D eigenvalue weighted by atomic mass is 10.2. The van der Waals surface area contributed by atoms with E-state index < -0.39 is 0 Å². The zero-order chi connectivity index (χ0) is 18.5. The molecular weight excluding hydrogens is 348 g/mol. The number of para-hydroxylation sites is 1. The Morgan fingerprint density at radius 1 is 1.27 bits per heavy atom. The van der Waals surface area contributed by atoms with E-state index in [-0.39, 0.29) is 23.9 Å². The van der Waals surface area contributed by atoms with Crippen molar-refractivity contribution in [1.29, 1.82) is 0 Å². The van der Waals surface area contributed by atoms with E-state index in [1.54, 1.807) is 23.5 Å². The zero-order valence-corrected chi connectivity index (χ0v) is 15.7.